The summed E-state index contributed by atoms with van der Waals surface area (Å²) in [5, 5.41) is 12.9. The van der Waals surface area contributed by atoms with Gasteiger partial charge in [-0.25, -0.2) is 0 Å². The van der Waals surface area contributed by atoms with E-state index < -0.39 is 0 Å². The lowest BCUT2D eigenvalue weighted by Crippen LogP contribution is -2.47. The number of hydrogen-bond acceptors (Lipinski definition) is 3. The highest BCUT2D eigenvalue weighted by atomic mass is 16.5. The first-order chi connectivity index (χ1) is 8.93. The number of rotatable bonds is 7. The van der Waals surface area contributed by atoms with Gasteiger partial charge in [-0.05, 0) is 43.6 Å². The second-order valence-corrected chi connectivity index (χ2v) is 6.91. The van der Waals surface area contributed by atoms with Gasteiger partial charge >= 0.3 is 0 Å². The number of nitrogens with one attached hydrogen (secondary N) is 1. The van der Waals surface area contributed by atoms with Crippen LogP contribution in [-0.4, -0.2) is 25.3 Å². The minimum absolute atomic E-state index is 0.290. The van der Waals surface area contributed by atoms with Crippen LogP contribution in [0.2, 0.25) is 0 Å². The number of nitrogens with zero attached hydrogens (tertiary/aromatic N) is 1. The molecule has 0 heterocycles. The molecule has 0 aromatic heterocycles. The Hall–Kier alpha value is -0.590. The van der Waals surface area contributed by atoms with Crippen molar-refractivity contribution in [2.75, 3.05) is 19.8 Å². The summed E-state index contributed by atoms with van der Waals surface area (Å²) in [6.07, 6.45) is 5.40. The maximum absolute atomic E-state index is 9.47. The fourth-order valence-corrected chi connectivity index (χ4v) is 2.91. The largest absolute Gasteiger partial charge is 0.381 e. The quantitative estimate of drug-likeness (QED) is 0.717. The molecule has 0 aromatic rings. The van der Waals surface area contributed by atoms with Crippen molar-refractivity contribution in [3.05, 3.63) is 0 Å². The van der Waals surface area contributed by atoms with E-state index in [1.807, 2.05) is 0 Å². The topological polar surface area (TPSA) is 45.0 Å². The first-order valence-electron chi connectivity index (χ1n) is 7.67. The lowest BCUT2D eigenvalue weighted by atomic mass is 9.86. The Bertz CT molecular complexity index is 303. The van der Waals surface area contributed by atoms with Crippen LogP contribution in [0.5, 0.6) is 0 Å². The van der Waals surface area contributed by atoms with Gasteiger partial charge in [-0.2, -0.15) is 5.26 Å². The first kappa shape index (κ1) is 16.5. The summed E-state index contributed by atoms with van der Waals surface area (Å²) >= 11 is 0. The Kier molecular flexibility index (Phi) is 6.29. The van der Waals surface area contributed by atoms with Crippen molar-refractivity contribution in [3.63, 3.8) is 0 Å². The van der Waals surface area contributed by atoms with Crippen molar-refractivity contribution in [1.29, 1.82) is 5.26 Å². The summed E-state index contributed by atoms with van der Waals surface area (Å²) in [5.74, 6) is 0.451. The average molecular weight is 266 g/mol. The van der Waals surface area contributed by atoms with E-state index >= 15 is 0 Å². The summed E-state index contributed by atoms with van der Waals surface area (Å²) in [7, 11) is 0. The van der Waals surface area contributed by atoms with Gasteiger partial charge in [0.15, 0.2) is 0 Å². The molecule has 19 heavy (non-hydrogen) atoms. The summed E-state index contributed by atoms with van der Waals surface area (Å²) in [5.41, 5.74) is 0.0513. The molecule has 1 aliphatic carbocycles. The molecule has 1 saturated carbocycles. The lowest BCUT2D eigenvalue weighted by molar-refractivity contribution is 0.0909. The molecule has 110 valence electrons. The van der Waals surface area contributed by atoms with Crippen molar-refractivity contribution >= 4 is 0 Å². The van der Waals surface area contributed by atoms with Crippen molar-refractivity contribution in [2.45, 2.75) is 65.3 Å². The average Bonchev–Trinajstić information content (AvgIpc) is 2.71. The molecule has 0 spiro atoms. The highest BCUT2D eigenvalue weighted by Crippen LogP contribution is 2.37. The van der Waals surface area contributed by atoms with Gasteiger partial charge in [-0.3, -0.25) is 5.32 Å². The van der Waals surface area contributed by atoms with Crippen LogP contribution in [0.1, 0.15) is 59.8 Å². The van der Waals surface area contributed by atoms with Crippen molar-refractivity contribution in [3.8, 4) is 6.07 Å². The zero-order chi connectivity index (χ0) is 14.4. The fraction of sp³-hybridized carbons (Fsp3) is 0.938. The van der Waals surface area contributed by atoms with Gasteiger partial charge in [0.25, 0.3) is 0 Å². The van der Waals surface area contributed by atoms with Gasteiger partial charge in [0.1, 0.15) is 5.54 Å². The zero-order valence-corrected chi connectivity index (χ0v) is 13.1. The molecule has 0 aromatic carbocycles. The van der Waals surface area contributed by atoms with Crippen molar-refractivity contribution < 1.29 is 4.74 Å². The second kappa shape index (κ2) is 7.26. The maximum atomic E-state index is 9.47. The lowest BCUT2D eigenvalue weighted by Gasteiger charge is -2.29. The van der Waals surface area contributed by atoms with E-state index in [0.717, 1.165) is 51.9 Å². The first-order valence-corrected chi connectivity index (χ1v) is 7.67. The highest BCUT2D eigenvalue weighted by Gasteiger charge is 2.42. The van der Waals surface area contributed by atoms with Gasteiger partial charge in [0.2, 0.25) is 0 Å². The molecule has 0 radical (unpaired) electrons. The van der Waals surface area contributed by atoms with E-state index in [4.69, 9.17) is 4.74 Å². The molecule has 0 bridgehead atoms. The van der Waals surface area contributed by atoms with Crippen LogP contribution in [0.15, 0.2) is 0 Å². The zero-order valence-electron chi connectivity index (χ0n) is 13.1. The van der Waals surface area contributed by atoms with Crippen LogP contribution >= 0.6 is 0 Å². The van der Waals surface area contributed by atoms with Crippen LogP contribution in [0, 0.1) is 22.7 Å². The molecule has 2 atom stereocenters. The van der Waals surface area contributed by atoms with Gasteiger partial charge < -0.3 is 4.74 Å². The fourth-order valence-electron chi connectivity index (χ4n) is 2.91. The summed E-state index contributed by atoms with van der Waals surface area (Å²) in [4.78, 5) is 0. The molecule has 3 nitrogen and oxygen atoms in total. The normalized spacial score (nSPS) is 27.4. The van der Waals surface area contributed by atoms with Crippen LogP contribution in [0.4, 0.5) is 0 Å². The van der Waals surface area contributed by atoms with E-state index in [9.17, 15) is 5.26 Å². The Morgan fingerprint density at radius 2 is 2.11 bits per heavy atom. The molecule has 0 aliphatic heterocycles. The van der Waals surface area contributed by atoms with Crippen LogP contribution in [-0.2, 0) is 4.74 Å². The van der Waals surface area contributed by atoms with E-state index in [2.05, 4.69) is 39.1 Å². The highest BCUT2D eigenvalue weighted by molar-refractivity contribution is 5.13. The third kappa shape index (κ3) is 5.12. The number of ether oxygens (including phenoxy) is 1. The minimum Gasteiger partial charge on any atom is -0.381 e. The second-order valence-electron chi connectivity index (χ2n) is 6.91. The van der Waals surface area contributed by atoms with Crippen LogP contribution in [0.3, 0.4) is 0 Å². The summed E-state index contributed by atoms with van der Waals surface area (Å²) in [6.45, 7) is 11.3. The minimum atomic E-state index is -0.290. The Labute approximate surface area is 118 Å². The SMILES string of the molecule is CCNC1(C#N)CCCC1CCOCCC(C)(C)C. The standard InChI is InChI=1S/C16H30N2O/c1-5-18-16(13-17)9-6-7-14(16)8-11-19-12-10-15(2,3)4/h14,18H,5-12H2,1-4H3. The Morgan fingerprint density at radius 3 is 2.68 bits per heavy atom. The maximum Gasteiger partial charge on any atom is 0.109 e. The third-order valence-corrected chi connectivity index (χ3v) is 4.12. The van der Waals surface area contributed by atoms with E-state index in [1.165, 1.54) is 0 Å². The van der Waals surface area contributed by atoms with Gasteiger partial charge in [-0.1, -0.05) is 34.1 Å². The Morgan fingerprint density at radius 1 is 1.37 bits per heavy atom. The molecular weight excluding hydrogens is 236 g/mol. The predicted molar refractivity (Wildman–Crippen MR) is 78.9 cm³/mol. The van der Waals surface area contributed by atoms with Gasteiger partial charge in [0.05, 0.1) is 6.07 Å². The molecule has 0 saturated heterocycles. The van der Waals surface area contributed by atoms with Crippen LogP contribution in [0.25, 0.3) is 0 Å². The molecule has 1 N–H and O–H groups in total. The van der Waals surface area contributed by atoms with E-state index in [0.29, 0.717) is 11.3 Å². The van der Waals surface area contributed by atoms with Crippen molar-refractivity contribution in [2.24, 2.45) is 11.3 Å². The number of hydrogen-bond donors (Lipinski definition) is 1. The van der Waals surface area contributed by atoms with Crippen molar-refractivity contribution in [1.82, 2.24) is 5.32 Å². The van der Waals surface area contributed by atoms with E-state index in [1.54, 1.807) is 0 Å². The predicted octanol–water partition coefficient (Wildman–Crippen LogP) is 3.50. The van der Waals surface area contributed by atoms with Gasteiger partial charge in [0, 0.05) is 13.2 Å². The molecule has 1 fully saturated rings. The summed E-state index contributed by atoms with van der Waals surface area (Å²) in [6, 6.07) is 2.53. The molecular formula is C16H30N2O. The molecule has 3 heteroatoms. The molecule has 1 rings (SSSR count). The van der Waals surface area contributed by atoms with E-state index in [-0.39, 0.29) is 5.54 Å². The molecule has 2 unspecified atom stereocenters. The third-order valence-electron chi connectivity index (χ3n) is 4.12. The number of nitriles is 1. The van der Waals surface area contributed by atoms with Crippen LogP contribution < -0.4 is 5.32 Å². The molecule has 1 aliphatic rings. The molecule has 0 amide bonds. The monoisotopic (exact) mass is 266 g/mol. The van der Waals surface area contributed by atoms with Gasteiger partial charge in [-0.15, -0.1) is 0 Å². The summed E-state index contributed by atoms with van der Waals surface area (Å²) < 4.78 is 5.75. The smallest absolute Gasteiger partial charge is 0.109 e. The Balaban J connectivity index is 2.30.